The standard InChI is InChI=1S/C17H31NO2/c1-3-7-15-9-4-5-11-18(15)13-17(16(19)20)10-6-8-14(2)12-17/h14-15H,3-13H2,1-2H3,(H,19,20). The Kier molecular flexibility index (Phi) is 5.48. The fourth-order valence-electron chi connectivity index (χ4n) is 4.38. The topological polar surface area (TPSA) is 40.5 Å². The van der Waals surface area contributed by atoms with E-state index in [1.165, 1.54) is 38.5 Å². The van der Waals surface area contributed by atoms with Crippen LogP contribution in [0.5, 0.6) is 0 Å². The third kappa shape index (κ3) is 3.55. The molecule has 3 atom stereocenters. The van der Waals surface area contributed by atoms with Crippen LogP contribution in [0.3, 0.4) is 0 Å². The van der Waals surface area contributed by atoms with Crippen molar-refractivity contribution in [1.82, 2.24) is 4.90 Å². The van der Waals surface area contributed by atoms with Crippen molar-refractivity contribution in [3.05, 3.63) is 0 Å². The van der Waals surface area contributed by atoms with Crippen LogP contribution in [0.15, 0.2) is 0 Å². The normalized spacial score (nSPS) is 35.9. The van der Waals surface area contributed by atoms with E-state index in [9.17, 15) is 9.90 Å². The molecule has 3 nitrogen and oxygen atoms in total. The van der Waals surface area contributed by atoms with Gasteiger partial charge in [0.15, 0.2) is 0 Å². The van der Waals surface area contributed by atoms with Crippen molar-refractivity contribution in [3.8, 4) is 0 Å². The van der Waals surface area contributed by atoms with Crippen molar-refractivity contribution in [1.29, 1.82) is 0 Å². The molecule has 1 saturated carbocycles. The first kappa shape index (κ1) is 15.8. The maximum Gasteiger partial charge on any atom is 0.310 e. The summed E-state index contributed by atoms with van der Waals surface area (Å²) in [5.41, 5.74) is -0.471. The molecule has 0 spiro atoms. The molecular weight excluding hydrogens is 250 g/mol. The number of carboxylic acids is 1. The monoisotopic (exact) mass is 281 g/mol. The van der Waals surface area contributed by atoms with Gasteiger partial charge in [-0.1, -0.05) is 39.5 Å². The lowest BCUT2D eigenvalue weighted by molar-refractivity contribution is -0.154. The van der Waals surface area contributed by atoms with Gasteiger partial charge in [0, 0.05) is 12.6 Å². The highest BCUT2D eigenvalue weighted by Gasteiger charge is 2.44. The lowest BCUT2D eigenvalue weighted by atomic mass is 9.69. The van der Waals surface area contributed by atoms with Gasteiger partial charge in [-0.3, -0.25) is 9.69 Å². The van der Waals surface area contributed by atoms with Crippen molar-refractivity contribution < 1.29 is 9.90 Å². The smallest absolute Gasteiger partial charge is 0.310 e. The molecule has 0 radical (unpaired) electrons. The second-order valence-corrected chi connectivity index (χ2v) is 7.20. The van der Waals surface area contributed by atoms with Crippen molar-refractivity contribution >= 4 is 5.97 Å². The molecule has 20 heavy (non-hydrogen) atoms. The Bertz CT molecular complexity index is 329. The van der Waals surface area contributed by atoms with Gasteiger partial charge in [0.1, 0.15) is 0 Å². The van der Waals surface area contributed by atoms with Crippen LogP contribution in [0.1, 0.15) is 71.6 Å². The molecular formula is C17H31NO2. The molecule has 0 aromatic carbocycles. The molecule has 3 heteroatoms. The first-order valence-electron chi connectivity index (χ1n) is 8.55. The van der Waals surface area contributed by atoms with E-state index in [0.717, 1.165) is 32.4 Å². The zero-order valence-corrected chi connectivity index (χ0v) is 13.2. The summed E-state index contributed by atoms with van der Waals surface area (Å²) in [6, 6.07) is 0.627. The number of rotatable bonds is 5. The average molecular weight is 281 g/mol. The van der Waals surface area contributed by atoms with E-state index in [1.807, 2.05) is 0 Å². The summed E-state index contributed by atoms with van der Waals surface area (Å²) in [6.45, 7) is 6.35. The van der Waals surface area contributed by atoms with Crippen molar-refractivity contribution in [2.24, 2.45) is 11.3 Å². The van der Waals surface area contributed by atoms with E-state index >= 15 is 0 Å². The van der Waals surface area contributed by atoms with E-state index < -0.39 is 11.4 Å². The highest BCUT2D eigenvalue weighted by molar-refractivity contribution is 5.75. The van der Waals surface area contributed by atoms with Gasteiger partial charge in [-0.05, 0) is 44.6 Å². The van der Waals surface area contributed by atoms with E-state index in [4.69, 9.17) is 0 Å². The summed E-state index contributed by atoms with van der Waals surface area (Å²) < 4.78 is 0. The molecule has 2 aliphatic rings. The molecule has 116 valence electrons. The maximum atomic E-state index is 11.9. The molecule has 0 aromatic heterocycles. The van der Waals surface area contributed by atoms with Crippen LogP contribution in [-0.4, -0.2) is 35.1 Å². The number of aliphatic carboxylic acids is 1. The van der Waals surface area contributed by atoms with Crippen LogP contribution in [-0.2, 0) is 4.79 Å². The second-order valence-electron chi connectivity index (χ2n) is 7.20. The zero-order chi connectivity index (χ0) is 14.6. The summed E-state index contributed by atoms with van der Waals surface area (Å²) in [7, 11) is 0. The number of hydrogen-bond donors (Lipinski definition) is 1. The predicted octanol–water partition coefficient (Wildman–Crippen LogP) is 3.92. The van der Waals surface area contributed by atoms with Gasteiger partial charge >= 0.3 is 5.97 Å². The quantitative estimate of drug-likeness (QED) is 0.830. The van der Waals surface area contributed by atoms with Crippen LogP contribution >= 0.6 is 0 Å². The molecule has 0 amide bonds. The summed E-state index contributed by atoms with van der Waals surface area (Å²) in [4.78, 5) is 14.4. The molecule has 1 saturated heterocycles. The van der Waals surface area contributed by atoms with E-state index in [1.54, 1.807) is 0 Å². The molecule has 2 fully saturated rings. The minimum absolute atomic E-state index is 0.471. The lowest BCUT2D eigenvalue weighted by Crippen LogP contribution is -2.50. The van der Waals surface area contributed by atoms with Gasteiger partial charge in [-0.15, -0.1) is 0 Å². The highest BCUT2D eigenvalue weighted by Crippen LogP contribution is 2.41. The molecule has 1 N–H and O–H groups in total. The molecule has 1 aliphatic heterocycles. The van der Waals surface area contributed by atoms with Crippen LogP contribution in [0.2, 0.25) is 0 Å². The summed E-state index contributed by atoms with van der Waals surface area (Å²) in [5.74, 6) is 0.0131. The predicted molar refractivity (Wildman–Crippen MR) is 81.8 cm³/mol. The summed E-state index contributed by atoms with van der Waals surface area (Å²) in [6.07, 6.45) is 10.3. The Hall–Kier alpha value is -0.570. The molecule has 3 unspecified atom stereocenters. The summed E-state index contributed by atoms with van der Waals surface area (Å²) >= 11 is 0. The van der Waals surface area contributed by atoms with E-state index in [-0.39, 0.29) is 0 Å². The largest absolute Gasteiger partial charge is 0.481 e. The van der Waals surface area contributed by atoms with Crippen LogP contribution in [0, 0.1) is 11.3 Å². The zero-order valence-electron chi connectivity index (χ0n) is 13.2. The number of carbonyl (C=O) groups is 1. The molecule has 0 bridgehead atoms. The van der Waals surface area contributed by atoms with Crippen LogP contribution < -0.4 is 0 Å². The Balaban J connectivity index is 2.08. The average Bonchev–Trinajstić information content (AvgIpc) is 2.41. The van der Waals surface area contributed by atoms with Gasteiger partial charge in [0.2, 0.25) is 0 Å². The number of hydrogen-bond acceptors (Lipinski definition) is 2. The molecule has 1 heterocycles. The van der Waals surface area contributed by atoms with Crippen LogP contribution in [0.25, 0.3) is 0 Å². The van der Waals surface area contributed by atoms with E-state index in [2.05, 4.69) is 18.7 Å². The first-order chi connectivity index (χ1) is 9.57. The van der Waals surface area contributed by atoms with Gasteiger partial charge < -0.3 is 5.11 Å². The maximum absolute atomic E-state index is 11.9. The Morgan fingerprint density at radius 2 is 2.10 bits per heavy atom. The lowest BCUT2D eigenvalue weighted by Gasteiger charge is -2.44. The number of nitrogens with zero attached hydrogens (tertiary/aromatic N) is 1. The third-order valence-corrected chi connectivity index (χ3v) is 5.42. The van der Waals surface area contributed by atoms with Gasteiger partial charge in [0.25, 0.3) is 0 Å². The fraction of sp³-hybridized carbons (Fsp3) is 0.941. The van der Waals surface area contributed by atoms with E-state index in [0.29, 0.717) is 12.0 Å². The second kappa shape index (κ2) is 6.93. The number of carboxylic acid groups (broad SMARTS) is 1. The van der Waals surface area contributed by atoms with Crippen molar-refractivity contribution in [3.63, 3.8) is 0 Å². The highest BCUT2D eigenvalue weighted by atomic mass is 16.4. The Morgan fingerprint density at radius 3 is 2.75 bits per heavy atom. The van der Waals surface area contributed by atoms with Gasteiger partial charge in [0.05, 0.1) is 5.41 Å². The Morgan fingerprint density at radius 1 is 1.30 bits per heavy atom. The third-order valence-electron chi connectivity index (χ3n) is 5.42. The van der Waals surface area contributed by atoms with Crippen molar-refractivity contribution in [2.45, 2.75) is 77.7 Å². The molecule has 1 aliphatic carbocycles. The minimum atomic E-state index is -0.551. The Labute approximate surface area is 123 Å². The van der Waals surface area contributed by atoms with Crippen LogP contribution in [0.4, 0.5) is 0 Å². The molecule has 2 rings (SSSR count). The molecule has 0 aromatic rings. The van der Waals surface area contributed by atoms with Crippen molar-refractivity contribution in [2.75, 3.05) is 13.1 Å². The number of piperidine rings is 1. The van der Waals surface area contributed by atoms with Gasteiger partial charge in [-0.25, -0.2) is 0 Å². The fourth-order valence-corrected chi connectivity index (χ4v) is 4.38. The number of likely N-dealkylation sites (tertiary alicyclic amines) is 1. The van der Waals surface area contributed by atoms with Gasteiger partial charge in [-0.2, -0.15) is 0 Å². The SMILES string of the molecule is CCCC1CCCCN1CC1(C(=O)O)CCCC(C)C1. The first-order valence-corrected chi connectivity index (χ1v) is 8.55. The minimum Gasteiger partial charge on any atom is -0.481 e. The summed E-state index contributed by atoms with van der Waals surface area (Å²) in [5, 5.41) is 9.83.